The van der Waals surface area contributed by atoms with E-state index in [1.807, 2.05) is 0 Å². The van der Waals surface area contributed by atoms with Gasteiger partial charge in [0.05, 0.1) is 0 Å². The molecule has 8 heteroatoms. The van der Waals surface area contributed by atoms with Gasteiger partial charge in [-0.2, -0.15) is 0 Å². The molecule has 0 bridgehead atoms. The van der Waals surface area contributed by atoms with Crippen molar-refractivity contribution in [3.8, 4) is 0 Å². The summed E-state index contributed by atoms with van der Waals surface area (Å²) in [5, 5.41) is 0. The molecule has 0 aliphatic heterocycles. The molecule has 0 saturated carbocycles. The number of H-pyrrole nitrogens is 3. The second kappa shape index (κ2) is 7.64. The average Bonchev–Trinajstić information content (AvgIpc) is 2.24. The minimum Gasteiger partial charge on any atom is -0.458 e. The van der Waals surface area contributed by atoms with E-state index in [0.717, 1.165) is 5.57 Å². The normalized spacial score (nSPS) is 8.95. The van der Waals surface area contributed by atoms with Gasteiger partial charge >= 0.3 is 23.0 Å². The van der Waals surface area contributed by atoms with E-state index in [1.165, 1.54) is 0 Å². The molecule has 1 heterocycles. The molecule has 0 saturated heterocycles. The highest BCUT2D eigenvalue weighted by atomic mass is 16.5. The van der Waals surface area contributed by atoms with Gasteiger partial charge in [-0.15, -0.1) is 0 Å². The van der Waals surface area contributed by atoms with Crippen LogP contribution in [0.1, 0.15) is 13.8 Å². The molecule has 1 aromatic heterocycles. The molecule has 0 radical (unpaired) electrons. The van der Waals surface area contributed by atoms with Crippen molar-refractivity contribution in [3.05, 3.63) is 55.8 Å². The summed E-state index contributed by atoms with van der Waals surface area (Å²) in [6.45, 7) is 10.7. The van der Waals surface area contributed by atoms with Gasteiger partial charge in [-0.25, -0.2) is 19.2 Å². The predicted molar refractivity (Wildman–Crippen MR) is 68.9 cm³/mol. The largest absolute Gasteiger partial charge is 0.458 e. The van der Waals surface area contributed by atoms with Crippen LogP contribution in [-0.4, -0.2) is 27.5 Å². The first-order valence-electron chi connectivity index (χ1n) is 5.12. The third-order valence-electron chi connectivity index (χ3n) is 1.48. The molecule has 0 amide bonds. The second-order valence-electron chi connectivity index (χ2n) is 3.68. The second-order valence-corrected chi connectivity index (χ2v) is 3.68. The molecule has 0 fully saturated rings. The van der Waals surface area contributed by atoms with Crippen molar-refractivity contribution in [1.29, 1.82) is 0 Å². The van der Waals surface area contributed by atoms with Gasteiger partial charge in [-0.3, -0.25) is 15.0 Å². The van der Waals surface area contributed by atoms with Crippen LogP contribution < -0.4 is 17.1 Å². The van der Waals surface area contributed by atoms with E-state index in [2.05, 4.69) is 13.2 Å². The third-order valence-corrected chi connectivity index (χ3v) is 1.48. The number of nitrogens with one attached hydrogen (secondary N) is 3. The lowest BCUT2D eigenvalue weighted by atomic mass is 10.3. The van der Waals surface area contributed by atoms with Crippen LogP contribution in [0.25, 0.3) is 0 Å². The van der Waals surface area contributed by atoms with Gasteiger partial charge in [0, 0.05) is 5.57 Å². The number of hydrogen-bond donors (Lipinski definition) is 3. The smallest absolute Gasteiger partial charge is 0.333 e. The summed E-state index contributed by atoms with van der Waals surface area (Å²) in [7, 11) is 0. The first-order chi connectivity index (χ1) is 8.72. The van der Waals surface area contributed by atoms with Gasteiger partial charge in [0.15, 0.2) is 0 Å². The fourth-order valence-corrected chi connectivity index (χ4v) is 0.715. The van der Waals surface area contributed by atoms with Gasteiger partial charge < -0.3 is 4.74 Å². The first-order valence-corrected chi connectivity index (χ1v) is 5.12. The summed E-state index contributed by atoms with van der Waals surface area (Å²) in [6.07, 6.45) is 0. The average molecular weight is 269 g/mol. The molecular weight excluding hydrogens is 254 g/mol. The Morgan fingerprint density at radius 1 is 1.00 bits per heavy atom. The lowest BCUT2D eigenvalue weighted by molar-refractivity contribution is -0.137. The third kappa shape index (κ3) is 8.13. The van der Waals surface area contributed by atoms with Crippen LogP contribution in [0.5, 0.6) is 0 Å². The zero-order valence-corrected chi connectivity index (χ0v) is 10.7. The van der Waals surface area contributed by atoms with E-state index in [-0.39, 0.29) is 12.6 Å². The monoisotopic (exact) mass is 269 g/mol. The standard InChI is InChI=1S/C8H12O2.C3H3N3O3/c1-6(2)5-10-8(9)7(3)4;7-1-4-2(8)6-3(9)5-1/h1,3,5H2,2,4H3;(H3,4,5,6,7,8,9). The van der Waals surface area contributed by atoms with Crippen LogP contribution in [0, 0.1) is 0 Å². The summed E-state index contributed by atoms with van der Waals surface area (Å²) >= 11 is 0. The van der Waals surface area contributed by atoms with E-state index in [9.17, 15) is 19.2 Å². The molecule has 0 aromatic carbocycles. The number of ether oxygens (including phenoxy) is 1. The Kier molecular flexibility index (Phi) is 6.58. The molecule has 0 spiro atoms. The van der Waals surface area contributed by atoms with E-state index in [4.69, 9.17) is 4.74 Å². The maximum atomic E-state index is 10.7. The zero-order valence-electron chi connectivity index (χ0n) is 10.7. The molecule has 0 aliphatic carbocycles. The van der Waals surface area contributed by atoms with Crippen molar-refractivity contribution in [3.63, 3.8) is 0 Å². The SMILES string of the molecule is C=C(C)COC(=O)C(=C)C.O=c1[nH]c(=O)[nH]c(=O)[nH]1. The lowest BCUT2D eigenvalue weighted by Crippen LogP contribution is -2.34. The Bertz CT molecular complexity index is 556. The maximum absolute atomic E-state index is 10.7. The molecule has 0 unspecified atom stereocenters. The fourth-order valence-electron chi connectivity index (χ4n) is 0.715. The van der Waals surface area contributed by atoms with Crippen LogP contribution in [-0.2, 0) is 9.53 Å². The van der Waals surface area contributed by atoms with Crippen LogP contribution in [0.15, 0.2) is 38.7 Å². The molecule has 1 rings (SSSR count). The molecule has 19 heavy (non-hydrogen) atoms. The zero-order chi connectivity index (χ0) is 15.0. The van der Waals surface area contributed by atoms with E-state index in [0.29, 0.717) is 5.57 Å². The minimum absolute atomic E-state index is 0.283. The van der Waals surface area contributed by atoms with Crippen molar-refractivity contribution < 1.29 is 9.53 Å². The minimum atomic E-state index is -0.802. The number of carbonyl (C=O) groups is 1. The quantitative estimate of drug-likeness (QED) is 0.385. The summed E-state index contributed by atoms with van der Waals surface area (Å²) in [4.78, 5) is 46.6. The predicted octanol–water partition coefficient (Wildman–Crippen LogP) is -0.567. The Hall–Kier alpha value is -2.64. The molecule has 0 aliphatic rings. The number of aromatic amines is 3. The Morgan fingerprint density at radius 3 is 1.63 bits per heavy atom. The maximum Gasteiger partial charge on any atom is 0.333 e. The number of carbonyl (C=O) groups excluding carboxylic acids is 1. The highest BCUT2D eigenvalue weighted by Crippen LogP contribution is 1.94. The van der Waals surface area contributed by atoms with Crippen LogP contribution >= 0.6 is 0 Å². The molecule has 3 N–H and O–H groups in total. The van der Waals surface area contributed by atoms with Gasteiger partial charge in [-0.1, -0.05) is 13.2 Å². The van der Waals surface area contributed by atoms with Crippen molar-refractivity contribution in [2.24, 2.45) is 0 Å². The highest BCUT2D eigenvalue weighted by Gasteiger charge is 2.00. The summed E-state index contributed by atoms with van der Waals surface area (Å²) in [5.74, 6) is -0.358. The van der Waals surface area contributed by atoms with Crippen LogP contribution in [0.4, 0.5) is 0 Å². The van der Waals surface area contributed by atoms with Gasteiger partial charge in [0.25, 0.3) is 0 Å². The summed E-state index contributed by atoms with van der Waals surface area (Å²) in [5.41, 5.74) is -1.16. The molecule has 0 atom stereocenters. The van der Waals surface area contributed by atoms with E-state index >= 15 is 0 Å². The number of aromatic nitrogens is 3. The lowest BCUT2D eigenvalue weighted by Gasteiger charge is -2.01. The van der Waals surface area contributed by atoms with Gasteiger partial charge in [-0.05, 0) is 19.4 Å². The number of esters is 1. The molecule has 8 nitrogen and oxygen atoms in total. The molecule has 1 aromatic rings. The van der Waals surface area contributed by atoms with E-state index in [1.54, 1.807) is 28.8 Å². The highest BCUT2D eigenvalue weighted by molar-refractivity contribution is 5.87. The van der Waals surface area contributed by atoms with Crippen molar-refractivity contribution in [2.45, 2.75) is 13.8 Å². The first kappa shape index (κ1) is 16.4. The van der Waals surface area contributed by atoms with Crippen molar-refractivity contribution in [2.75, 3.05) is 6.61 Å². The van der Waals surface area contributed by atoms with Crippen LogP contribution in [0.3, 0.4) is 0 Å². The Labute approximate surface area is 107 Å². The number of rotatable bonds is 3. The molecular formula is C11H15N3O5. The molecule has 104 valence electrons. The van der Waals surface area contributed by atoms with Crippen molar-refractivity contribution in [1.82, 2.24) is 15.0 Å². The summed E-state index contributed by atoms with van der Waals surface area (Å²) < 4.78 is 4.73. The van der Waals surface area contributed by atoms with Gasteiger partial charge in [0.1, 0.15) is 6.61 Å². The Balaban J connectivity index is 0.000000342. The fraction of sp³-hybridized carbons (Fsp3) is 0.273. The number of hydrogen-bond acceptors (Lipinski definition) is 5. The van der Waals surface area contributed by atoms with Crippen LogP contribution in [0.2, 0.25) is 0 Å². The van der Waals surface area contributed by atoms with Crippen molar-refractivity contribution >= 4 is 5.97 Å². The Morgan fingerprint density at radius 2 is 1.37 bits per heavy atom. The van der Waals surface area contributed by atoms with E-state index < -0.39 is 17.1 Å². The summed E-state index contributed by atoms with van der Waals surface area (Å²) in [6, 6.07) is 0. The van der Waals surface area contributed by atoms with Gasteiger partial charge in [0.2, 0.25) is 0 Å². The topological polar surface area (TPSA) is 125 Å².